The summed E-state index contributed by atoms with van der Waals surface area (Å²) >= 11 is 0. The van der Waals surface area contributed by atoms with Gasteiger partial charge in [0.1, 0.15) is 11.9 Å². The lowest BCUT2D eigenvalue weighted by molar-refractivity contribution is 0.161. The fourth-order valence-corrected chi connectivity index (χ4v) is 2.55. The molecule has 2 atom stereocenters. The molecule has 1 unspecified atom stereocenters. The Morgan fingerprint density at radius 1 is 1.42 bits per heavy atom. The minimum Gasteiger partial charge on any atom is -0.485 e. The summed E-state index contributed by atoms with van der Waals surface area (Å²) in [6.45, 7) is 3.08. The van der Waals surface area contributed by atoms with E-state index in [9.17, 15) is 0 Å². The molecule has 0 spiro atoms. The third-order valence-corrected chi connectivity index (χ3v) is 3.53. The molecule has 100 valence electrons. The summed E-state index contributed by atoms with van der Waals surface area (Å²) in [5.74, 6) is 0.898. The molecule has 4 heteroatoms. The van der Waals surface area contributed by atoms with Gasteiger partial charge in [0.15, 0.2) is 0 Å². The van der Waals surface area contributed by atoms with Crippen LogP contribution in [0, 0.1) is 0 Å². The van der Waals surface area contributed by atoms with Crippen LogP contribution >= 0.6 is 0 Å². The zero-order valence-electron chi connectivity index (χ0n) is 11.1. The molecule has 19 heavy (non-hydrogen) atoms. The third-order valence-electron chi connectivity index (χ3n) is 3.53. The first kappa shape index (κ1) is 12.2. The molecule has 0 saturated heterocycles. The molecule has 0 saturated carbocycles. The number of nitrogens with zero attached hydrogens (tertiary/aromatic N) is 2. The highest BCUT2D eigenvalue weighted by Gasteiger charge is 2.27. The van der Waals surface area contributed by atoms with Crippen LogP contribution in [0.5, 0.6) is 5.75 Å². The molecule has 4 nitrogen and oxygen atoms in total. The van der Waals surface area contributed by atoms with Gasteiger partial charge in [-0.3, -0.25) is 4.68 Å². The van der Waals surface area contributed by atoms with Gasteiger partial charge in [0.25, 0.3) is 0 Å². The summed E-state index contributed by atoms with van der Waals surface area (Å²) in [5.41, 5.74) is 8.44. The maximum atomic E-state index is 6.23. The fraction of sp³-hybridized carbons (Fsp3) is 0.400. The minimum absolute atomic E-state index is 0.00973. The van der Waals surface area contributed by atoms with Crippen LogP contribution in [-0.4, -0.2) is 9.78 Å². The van der Waals surface area contributed by atoms with Crippen molar-refractivity contribution in [2.75, 3.05) is 0 Å². The van der Waals surface area contributed by atoms with Crippen LogP contribution in [0.4, 0.5) is 0 Å². The zero-order chi connectivity index (χ0) is 13.2. The second-order valence-electron chi connectivity index (χ2n) is 5.02. The third kappa shape index (κ3) is 2.36. The van der Waals surface area contributed by atoms with Gasteiger partial charge in [0, 0.05) is 36.3 Å². The second-order valence-corrected chi connectivity index (χ2v) is 5.02. The number of hydrogen-bond donors (Lipinski definition) is 1. The Bertz CT molecular complexity index is 564. The molecule has 1 aromatic heterocycles. The first-order valence-electron chi connectivity index (χ1n) is 6.81. The summed E-state index contributed by atoms with van der Waals surface area (Å²) < 4.78 is 8.01. The SMILES string of the molecule is CCCn1cc(C2C[C@H](N)c3ccccc3O2)cn1. The van der Waals surface area contributed by atoms with Gasteiger partial charge in [0.05, 0.1) is 6.20 Å². The van der Waals surface area contributed by atoms with E-state index in [1.54, 1.807) is 0 Å². The lowest BCUT2D eigenvalue weighted by Gasteiger charge is -2.29. The molecule has 3 rings (SSSR count). The second kappa shape index (κ2) is 5.05. The predicted octanol–water partition coefficient (Wildman–Crippen LogP) is 2.82. The molecule has 0 amide bonds. The number of benzene rings is 1. The number of hydrogen-bond acceptors (Lipinski definition) is 3. The van der Waals surface area contributed by atoms with Gasteiger partial charge in [-0.1, -0.05) is 25.1 Å². The molecule has 0 fully saturated rings. The Labute approximate surface area is 113 Å². The number of aromatic nitrogens is 2. The van der Waals surface area contributed by atoms with Gasteiger partial charge in [-0.25, -0.2) is 0 Å². The predicted molar refractivity (Wildman–Crippen MR) is 73.9 cm³/mol. The van der Waals surface area contributed by atoms with E-state index >= 15 is 0 Å². The number of ether oxygens (including phenoxy) is 1. The highest BCUT2D eigenvalue weighted by atomic mass is 16.5. The molecule has 0 aliphatic carbocycles. The van der Waals surface area contributed by atoms with Crippen molar-refractivity contribution in [2.45, 2.75) is 38.5 Å². The van der Waals surface area contributed by atoms with E-state index in [1.807, 2.05) is 35.1 Å². The number of para-hydroxylation sites is 1. The van der Waals surface area contributed by atoms with Crippen LogP contribution in [0.1, 0.15) is 43.0 Å². The number of nitrogens with two attached hydrogens (primary N) is 1. The summed E-state index contributed by atoms with van der Waals surface area (Å²) in [6, 6.07) is 8.04. The Morgan fingerprint density at radius 3 is 3.11 bits per heavy atom. The Balaban J connectivity index is 1.84. The molecule has 2 aromatic rings. The van der Waals surface area contributed by atoms with E-state index in [0.29, 0.717) is 0 Å². The van der Waals surface area contributed by atoms with Gasteiger partial charge in [-0.15, -0.1) is 0 Å². The lowest BCUT2D eigenvalue weighted by atomic mass is 9.95. The van der Waals surface area contributed by atoms with Crippen molar-refractivity contribution in [1.82, 2.24) is 9.78 Å². The number of fused-ring (bicyclic) bond motifs is 1. The number of rotatable bonds is 3. The van der Waals surface area contributed by atoms with Crippen molar-refractivity contribution in [3.63, 3.8) is 0 Å². The first-order valence-corrected chi connectivity index (χ1v) is 6.81. The average Bonchev–Trinajstić information content (AvgIpc) is 2.88. The van der Waals surface area contributed by atoms with Crippen LogP contribution < -0.4 is 10.5 Å². The largest absolute Gasteiger partial charge is 0.485 e. The highest BCUT2D eigenvalue weighted by molar-refractivity contribution is 5.38. The molecule has 2 heterocycles. The van der Waals surface area contributed by atoms with E-state index in [4.69, 9.17) is 10.5 Å². The fourth-order valence-electron chi connectivity index (χ4n) is 2.55. The molecule has 0 radical (unpaired) electrons. The lowest BCUT2D eigenvalue weighted by Crippen LogP contribution is -2.23. The van der Waals surface area contributed by atoms with E-state index in [-0.39, 0.29) is 12.1 Å². The van der Waals surface area contributed by atoms with Crippen LogP contribution in [0.3, 0.4) is 0 Å². The molecule has 0 bridgehead atoms. The molecular formula is C15H19N3O. The highest BCUT2D eigenvalue weighted by Crippen LogP contribution is 2.39. The summed E-state index contributed by atoms with van der Waals surface area (Å²) in [4.78, 5) is 0. The topological polar surface area (TPSA) is 53.1 Å². The van der Waals surface area contributed by atoms with Gasteiger partial charge >= 0.3 is 0 Å². The number of aryl methyl sites for hydroxylation is 1. The Morgan fingerprint density at radius 2 is 2.26 bits per heavy atom. The normalized spacial score (nSPS) is 21.8. The first-order chi connectivity index (χ1) is 9.28. The van der Waals surface area contributed by atoms with Crippen LogP contribution in [-0.2, 0) is 6.54 Å². The van der Waals surface area contributed by atoms with E-state index in [2.05, 4.69) is 18.2 Å². The van der Waals surface area contributed by atoms with E-state index < -0.39 is 0 Å². The van der Waals surface area contributed by atoms with Gasteiger partial charge in [-0.2, -0.15) is 5.10 Å². The molecule has 1 aliphatic rings. The van der Waals surface area contributed by atoms with Crippen molar-refractivity contribution in [3.8, 4) is 5.75 Å². The monoisotopic (exact) mass is 257 g/mol. The quantitative estimate of drug-likeness (QED) is 0.920. The maximum Gasteiger partial charge on any atom is 0.129 e. The van der Waals surface area contributed by atoms with Gasteiger partial charge in [0.2, 0.25) is 0 Å². The summed E-state index contributed by atoms with van der Waals surface area (Å²) in [7, 11) is 0. The van der Waals surface area contributed by atoms with Gasteiger partial charge < -0.3 is 10.5 Å². The zero-order valence-corrected chi connectivity index (χ0v) is 11.1. The molecule has 1 aliphatic heterocycles. The molecule has 2 N–H and O–H groups in total. The van der Waals surface area contributed by atoms with Crippen molar-refractivity contribution in [2.24, 2.45) is 5.73 Å². The molecular weight excluding hydrogens is 238 g/mol. The summed E-state index contributed by atoms with van der Waals surface area (Å²) in [6.07, 6.45) is 5.84. The van der Waals surface area contributed by atoms with Crippen molar-refractivity contribution in [3.05, 3.63) is 47.8 Å². The van der Waals surface area contributed by atoms with Crippen LogP contribution in [0.2, 0.25) is 0 Å². The van der Waals surface area contributed by atoms with E-state index in [0.717, 1.165) is 36.3 Å². The summed E-state index contributed by atoms with van der Waals surface area (Å²) in [5, 5.41) is 4.36. The van der Waals surface area contributed by atoms with Crippen LogP contribution in [0.15, 0.2) is 36.7 Å². The van der Waals surface area contributed by atoms with E-state index in [1.165, 1.54) is 0 Å². The van der Waals surface area contributed by atoms with Crippen molar-refractivity contribution < 1.29 is 4.74 Å². The van der Waals surface area contributed by atoms with Crippen molar-refractivity contribution in [1.29, 1.82) is 0 Å². The average molecular weight is 257 g/mol. The smallest absolute Gasteiger partial charge is 0.129 e. The van der Waals surface area contributed by atoms with Crippen molar-refractivity contribution >= 4 is 0 Å². The standard InChI is InChI=1S/C15H19N3O/c1-2-7-18-10-11(9-17-18)15-8-13(16)12-5-3-4-6-14(12)19-15/h3-6,9-10,13,15H,2,7-8,16H2,1H3/t13-,15?/m0/s1. The van der Waals surface area contributed by atoms with Crippen LogP contribution in [0.25, 0.3) is 0 Å². The Hall–Kier alpha value is -1.81. The molecule has 1 aromatic carbocycles. The van der Waals surface area contributed by atoms with Gasteiger partial charge in [-0.05, 0) is 12.5 Å². The Kier molecular flexibility index (Phi) is 3.25. The maximum absolute atomic E-state index is 6.23. The minimum atomic E-state index is 0.00973.